The molecule has 0 aliphatic heterocycles. The summed E-state index contributed by atoms with van der Waals surface area (Å²) in [7, 11) is -4.80. The summed E-state index contributed by atoms with van der Waals surface area (Å²) >= 11 is 0. The number of nitrogens with zero attached hydrogens (tertiary/aromatic N) is 3. The molecule has 1 rings (SSSR count). The smallest absolute Gasteiger partial charge is 0.216 e. The summed E-state index contributed by atoms with van der Waals surface area (Å²) in [6, 6.07) is 0.339. The highest BCUT2D eigenvalue weighted by Gasteiger charge is 2.23. The van der Waals surface area contributed by atoms with E-state index in [-0.39, 0.29) is 12.1 Å². The molecule has 5 nitrogen and oxygen atoms in total. The number of rotatable bonds is 2. The highest BCUT2D eigenvalue weighted by molar-refractivity contribution is 7.90. The van der Waals surface area contributed by atoms with Crippen LogP contribution in [0.5, 0.6) is 0 Å². The maximum absolute atomic E-state index is 12.9. The third kappa shape index (κ3) is 2.20. The first-order valence-electron chi connectivity index (χ1n) is 3.34. The van der Waals surface area contributed by atoms with E-state index in [1.807, 2.05) is 4.91 Å². The Bertz CT molecular complexity index is 528. The van der Waals surface area contributed by atoms with Crippen LogP contribution >= 0.6 is 0 Å². The van der Waals surface area contributed by atoms with Crippen molar-refractivity contribution in [3.63, 3.8) is 0 Å². The van der Waals surface area contributed by atoms with Crippen LogP contribution in [0.15, 0.2) is 21.5 Å². The second kappa shape index (κ2) is 3.79. The second-order valence-electron chi connectivity index (χ2n) is 2.34. The predicted molar refractivity (Wildman–Crippen MR) is 42.6 cm³/mol. The molecule has 0 saturated carbocycles. The number of hydrogen-bond acceptors (Lipinski definition) is 2. The van der Waals surface area contributed by atoms with Crippen LogP contribution in [0.4, 0.5) is 13.2 Å². The summed E-state index contributed by atoms with van der Waals surface area (Å²) in [5.41, 5.74) is 7.86. The van der Waals surface area contributed by atoms with Crippen LogP contribution in [0.25, 0.3) is 10.4 Å². The van der Waals surface area contributed by atoms with Crippen molar-refractivity contribution in [2.24, 2.45) is 4.52 Å². The number of hydrogen-bond donors (Lipinski definition) is 0. The minimum atomic E-state index is -4.80. The van der Waals surface area contributed by atoms with Crippen LogP contribution < -0.4 is 0 Å². The van der Waals surface area contributed by atoms with Crippen LogP contribution in [-0.2, 0) is 10.0 Å². The van der Waals surface area contributed by atoms with E-state index in [1.54, 1.807) is 0 Å². The Labute approximate surface area is 81.8 Å². The van der Waals surface area contributed by atoms with Crippen molar-refractivity contribution in [1.82, 2.24) is 0 Å². The van der Waals surface area contributed by atoms with Gasteiger partial charge in [0.15, 0.2) is 0 Å². The van der Waals surface area contributed by atoms with Crippen LogP contribution in [0.2, 0.25) is 0 Å². The second-order valence-corrected chi connectivity index (χ2v) is 3.87. The SMILES string of the molecule is [N-]=[N+]=NS(=O)(=O)c1c(F)cc(F)cc1F. The Balaban J connectivity index is 3.59. The Morgan fingerprint density at radius 2 is 1.67 bits per heavy atom. The molecule has 0 amide bonds. The van der Waals surface area contributed by atoms with E-state index in [0.29, 0.717) is 0 Å². The zero-order valence-corrected chi connectivity index (χ0v) is 7.67. The predicted octanol–water partition coefficient (Wildman–Crippen LogP) is 2.10. The zero-order valence-electron chi connectivity index (χ0n) is 6.85. The minimum Gasteiger partial charge on any atom is -0.216 e. The van der Waals surface area contributed by atoms with E-state index < -0.39 is 32.4 Å². The maximum Gasteiger partial charge on any atom is 0.270 e. The molecule has 0 spiro atoms. The molecule has 0 atom stereocenters. The lowest BCUT2D eigenvalue weighted by atomic mass is 10.3. The lowest BCUT2D eigenvalue weighted by Crippen LogP contribution is -2.03. The molecule has 0 radical (unpaired) electrons. The Morgan fingerprint density at radius 1 is 1.20 bits per heavy atom. The van der Waals surface area contributed by atoms with Gasteiger partial charge in [-0.05, 0) is 5.53 Å². The highest BCUT2D eigenvalue weighted by Crippen LogP contribution is 2.21. The first-order valence-corrected chi connectivity index (χ1v) is 4.78. The van der Waals surface area contributed by atoms with Gasteiger partial charge in [0, 0.05) is 21.6 Å². The van der Waals surface area contributed by atoms with Gasteiger partial charge >= 0.3 is 0 Å². The summed E-state index contributed by atoms with van der Waals surface area (Å²) in [4.78, 5) is 0.428. The maximum atomic E-state index is 12.9. The molecule has 1 aromatic carbocycles. The molecule has 15 heavy (non-hydrogen) atoms. The van der Waals surface area contributed by atoms with Crippen molar-refractivity contribution in [3.8, 4) is 0 Å². The van der Waals surface area contributed by atoms with Crippen molar-refractivity contribution < 1.29 is 21.6 Å². The third-order valence-electron chi connectivity index (χ3n) is 1.37. The van der Waals surface area contributed by atoms with Crippen molar-refractivity contribution in [1.29, 1.82) is 0 Å². The van der Waals surface area contributed by atoms with E-state index in [2.05, 4.69) is 4.52 Å². The molecule has 0 aliphatic carbocycles. The summed E-state index contributed by atoms with van der Waals surface area (Å²) in [6.45, 7) is 0. The fraction of sp³-hybridized carbons (Fsp3) is 0. The molecule has 0 unspecified atom stereocenters. The average molecular weight is 237 g/mol. The topological polar surface area (TPSA) is 82.9 Å². The number of sulfonamides is 1. The van der Waals surface area contributed by atoms with E-state index in [9.17, 15) is 21.6 Å². The molecule has 0 fully saturated rings. The summed E-state index contributed by atoms with van der Waals surface area (Å²) in [5.74, 6) is -4.58. The van der Waals surface area contributed by atoms with Crippen LogP contribution in [-0.4, -0.2) is 8.42 Å². The Morgan fingerprint density at radius 3 is 2.07 bits per heavy atom. The first-order chi connectivity index (χ1) is 6.88. The van der Waals surface area contributed by atoms with E-state index in [1.165, 1.54) is 0 Å². The van der Waals surface area contributed by atoms with Gasteiger partial charge in [0.05, 0.1) is 0 Å². The van der Waals surface area contributed by atoms with Gasteiger partial charge in [0.2, 0.25) is 0 Å². The van der Waals surface area contributed by atoms with Gasteiger partial charge in [-0.15, -0.1) is 0 Å². The summed E-state index contributed by atoms with van der Waals surface area (Å²) < 4.78 is 62.3. The molecule has 0 N–H and O–H groups in total. The van der Waals surface area contributed by atoms with Gasteiger partial charge in [-0.2, -0.15) is 0 Å². The van der Waals surface area contributed by atoms with Gasteiger partial charge in [-0.3, -0.25) is 0 Å². The Hall–Kier alpha value is -1.73. The van der Waals surface area contributed by atoms with Gasteiger partial charge in [-0.1, -0.05) is 0 Å². The van der Waals surface area contributed by atoms with Gasteiger partial charge < -0.3 is 0 Å². The molecule has 80 valence electrons. The number of halogens is 3. The van der Waals surface area contributed by atoms with Crippen molar-refractivity contribution in [2.45, 2.75) is 4.90 Å². The average Bonchev–Trinajstić information content (AvgIpc) is 1.99. The van der Waals surface area contributed by atoms with E-state index >= 15 is 0 Å². The number of benzene rings is 1. The van der Waals surface area contributed by atoms with Gasteiger partial charge in [0.1, 0.15) is 22.3 Å². The van der Waals surface area contributed by atoms with Gasteiger partial charge in [-0.25, -0.2) is 21.6 Å². The molecular weight excluding hydrogens is 235 g/mol. The zero-order chi connectivity index (χ0) is 11.6. The van der Waals surface area contributed by atoms with Crippen LogP contribution in [0.1, 0.15) is 0 Å². The molecule has 0 bridgehead atoms. The first kappa shape index (κ1) is 11.3. The minimum absolute atomic E-state index is 0.170. The lowest BCUT2D eigenvalue weighted by molar-refractivity contribution is 0.497. The van der Waals surface area contributed by atoms with E-state index in [0.717, 1.165) is 0 Å². The van der Waals surface area contributed by atoms with Crippen molar-refractivity contribution >= 4 is 10.0 Å². The van der Waals surface area contributed by atoms with Crippen LogP contribution in [0, 0.1) is 17.5 Å². The summed E-state index contributed by atoms with van der Waals surface area (Å²) in [6.07, 6.45) is 0. The number of azide groups is 1. The van der Waals surface area contributed by atoms with E-state index in [4.69, 9.17) is 5.53 Å². The third-order valence-corrected chi connectivity index (χ3v) is 2.56. The monoisotopic (exact) mass is 237 g/mol. The largest absolute Gasteiger partial charge is 0.270 e. The lowest BCUT2D eigenvalue weighted by Gasteiger charge is -2.01. The van der Waals surface area contributed by atoms with Gasteiger partial charge in [0.25, 0.3) is 10.0 Å². The van der Waals surface area contributed by atoms with Crippen molar-refractivity contribution in [2.75, 3.05) is 0 Å². The molecule has 9 heteroatoms. The summed E-state index contributed by atoms with van der Waals surface area (Å²) in [5, 5.41) is 0. The standard InChI is InChI=1S/C6H2F3N3O2S/c7-3-1-4(8)6(5(9)2-3)15(13,14)12-11-10/h1-2H. The molecule has 0 aliphatic rings. The normalized spacial score (nSPS) is 10.9. The highest BCUT2D eigenvalue weighted by atomic mass is 32.2. The molecule has 0 saturated heterocycles. The quantitative estimate of drug-likeness (QED) is 0.448. The molecule has 1 aromatic rings. The Kier molecular flexibility index (Phi) is 2.87. The molecular formula is C6H2F3N3O2S. The van der Waals surface area contributed by atoms with Crippen molar-refractivity contribution in [3.05, 3.63) is 40.0 Å². The molecule has 0 aromatic heterocycles. The van der Waals surface area contributed by atoms with Crippen LogP contribution in [0.3, 0.4) is 0 Å². The molecule has 0 heterocycles. The fourth-order valence-electron chi connectivity index (χ4n) is 0.864. The fourth-order valence-corrected chi connectivity index (χ4v) is 1.65.